The first kappa shape index (κ1) is 11.5. The Balaban J connectivity index is 1.83. The van der Waals surface area contributed by atoms with Gasteiger partial charge in [-0.1, -0.05) is 24.3 Å². The van der Waals surface area contributed by atoms with Crippen LogP contribution in [-0.4, -0.2) is 9.55 Å². The molecule has 4 heteroatoms. The lowest BCUT2D eigenvalue weighted by Crippen LogP contribution is -2.12. The van der Waals surface area contributed by atoms with Gasteiger partial charge in [-0.05, 0) is 36.1 Å². The van der Waals surface area contributed by atoms with Crippen molar-refractivity contribution in [2.75, 3.05) is 5.73 Å². The number of hydrogen-bond acceptors (Lipinski definition) is 2. The number of anilines is 1. The lowest BCUT2D eigenvalue weighted by molar-refractivity contribution is 0.550. The van der Waals surface area contributed by atoms with Gasteiger partial charge >= 0.3 is 0 Å². The Morgan fingerprint density at radius 2 is 1.80 bits per heavy atom. The molecule has 0 spiro atoms. The van der Waals surface area contributed by atoms with Gasteiger partial charge in [-0.25, -0.2) is 9.37 Å². The Morgan fingerprint density at radius 3 is 2.50 bits per heavy atom. The van der Waals surface area contributed by atoms with E-state index in [1.807, 2.05) is 4.57 Å². The van der Waals surface area contributed by atoms with Crippen LogP contribution in [0.15, 0.2) is 42.5 Å². The molecule has 1 aliphatic carbocycles. The van der Waals surface area contributed by atoms with Crippen LogP contribution in [0.25, 0.3) is 11.0 Å². The topological polar surface area (TPSA) is 43.8 Å². The fraction of sp³-hybridized carbons (Fsp3) is 0.188. The fourth-order valence-corrected chi connectivity index (χ4v) is 3.19. The summed E-state index contributed by atoms with van der Waals surface area (Å²) in [5.74, 6) is 0.181. The zero-order valence-electron chi connectivity index (χ0n) is 10.9. The minimum absolute atomic E-state index is 0.267. The number of fused-ring (bicyclic) bond motifs is 2. The number of imidazole rings is 1. The number of nitrogen functional groups attached to an aromatic ring is 1. The zero-order valence-corrected chi connectivity index (χ0v) is 10.9. The normalized spacial score (nSPS) is 14.8. The molecule has 0 atom stereocenters. The van der Waals surface area contributed by atoms with E-state index in [1.54, 1.807) is 6.07 Å². The molecule has 20 heavy (non-hydrogen) atoms. The van der Waals surface area contributed by atoms with Gasteiger partial charge in [0.05, 0.1) is 11.0 Å². The number of benzene rings is 2. The molecule has 100 valence electrons. The van der Waals surface area contributed by atoms with E-state index in [9.17, 15) is 4.39 Å². The van der Waals surface area contributed by atoms with Crippen molar-refractivity contribution in [3.8, 4) is 0 Å². The highest BCUT2D eigenvalue weighted by Gasteiger charge is 2.25. The van der Waals surface area contributed by atoms with Crippen LogP contribution in [0.1, 0.15) is 17.2 Å². The molecular formula is C16H14FN3. The van der Waals surface area contributed by atoms with Gasteiger partial charge in [0.2, 0.25) is 5.95 Å². The fourth-order valence-electron chi connectivity index (χ4n) is 3.19. The SMILES string of the molecule is Nc1nc2cc(F)ccc2n1C1Cc2ccccc2C1. The van der Waals surface area contributed by atoms with Crippen LogP contribution in [0.2, 0.25) is 0 Å². The predicted molar refractivity (Wildman–Crippen MR) is 77.0 cm³/mol. The number of nitrogens with two attached hydrogens (primary N) is 1. The molecule has 1 heterocycles. The molecule has 3 aromatic rings. The zero-order chi connectivity index (χ0) is 13.7. The standard InChI is InChI=1S/C16H14FN3/c17-12-5-6-15-14(9-12)19-16(18)20(15)13-7-10-3-1-2-4-11(10)8-13/h1-6,9,13H,7-8H2,(H2,18,19). The third-order valence-electron chi connectivity index (χ3n) is 4.07. The highest BCUT2D eigenvalue weighted by atomic mass is 19.1. The molecule has 4 rings (SSSR count). The van der Waals surface area contributed by atoms with Crippen molar-refractivity contribution >= 4 is 17.0 Å². The van der Waals surface area contributed by atoms with Gasteiger partial charge in [-0.2, -0.15) is 0 Å². The van der Waals surface area contributed by atoms with Crippen LogP contribution in [-0.2, 0) is 12.8 Å². The Labute approximate surface area is 115 Å². The molecular weight excluding hydrogens is 253 g/mol. The minimum atomic E-state index is -0.281. The summed E-state index contributed by atoms with van der Waals surface area (Å²) >= 11 is 0. The summed E-state index contributed by atoms with van der Waals surface area (Å²) in [6, 6.07) is 13.4. The van der Waals surface area contributed by atoms with E-state index in [4.69, 9.17) is 5.73 Å². The predicted octanol–water partition coefficient (Wildman–Crippen LogP) is 3.10. The molecule has 2 N–H and O–H groups in total. The summed E-state index contributed by atoms with van der Waals surface area (Å²) < 4.78 is 15.3. The van der Waals surface area contributed by atoms with E-state index in [0.717, 1.165) is 18.4 Å². The van der Waals surface area contributed by atoms with E-state index >= 15 is 0 Å². The lowest BCUT2D eigenvalue weighted by atomic mass is 10.1. The number of nitrogens with zero attached hydrogens (tertiary/aromatic N) is 2. The maximum absolute atomic E-state index is 13.3. The van der Waals surface area contributed by atoms with Crippen molar-refractivity contribution in [2.24, 2.45) is 0 Å². The quantitative estimate of drug-likeness (QED) is 0.736. The summed E-state index contributed by atoms with van der Waals surface area (Å²) in [4.78, 5) is 4.28. The summed E-state index contributed by atoms with van der Waals surface area (Å²) in [6.07, 6.45) is 1.90. The monoisotopic (exact) mass is 267 g/mol. The molecule has 0 amide bonds. The molecule has 0 unspecified atom stereocenters. The van der Waals surface area contributed by atoms with Crippen LogP contribution < -0.4 is 5.73 Å². The van der Waals surface area contributed by atoms with Crippen LogP contribution in [0.5, 0.6) is 0 Å². The van der Waals surface area contributed by atoms with E-state index in [-0.39, 0.29) is 11.9 Å². The van der Waals surface area contributed by atoms with Gasteiger partial charge < -0.3 is 10.3 Å². The van der Waals surface area contributed by atoms with Gasteiger partial charge in [0.15, 0.2) is 0 Å². The van der Waals surface area contributed by atoms with Crippen molar-refractivity contribution in [3.05, 3.63) is 59.4 Å². The maximum Gasteiger partial charge on any atom is 0.201 e. The van der Waals surface area contributed by atoms with Crippen molar-refractivity contribution in [3.63, 3.8) is 0 Å². The van der Waals surface area contributed by atoms with E-state index < -0.39 is 0 Å². The summed E-state index contributed by atoms with van der Waals surface area (Å²) in [5.41, 5.74) is 10.3. The first-order valence-electron chi connectivity index (χ1n) is 6.72. The highest BCUT2D eigenvalue weighted by molar-refractivity contribution is 5.78. The summed E-state index contributed by atoms with van der Waals surface area (Å²) in [7, 11) is 0. The number of rotatable bonds is 1. The molecule has 0 aliphatic heterocycles. The highest BCUT2D eigenvalue weighted by Crippen LogP contribution is 2.34. The van der Waals surface area contributed by atoms with Crippen LogP contribution in [0.4, 0.5) is 10.3 Å². The third kappa shape index (κ3) is 1.61. The Hall–Kier alpha value is -2.36. The average molecular weight is 267 g/mol. The molecule has 1 aromatic heterocycles. The van der Waals surface area contributed by atoms with Gasteiger partial charge in [-0.15, -0.1) is 0 Å². The number of hydrogen-bond donors (Lipinski definition) is 1. The third-order valence-corrected chi connectivity index (χ3v) is 4.07. The van der Waals surface area contributed by atoms with Gasteiger partial charge in [-0.3, -0.25) is 0 Å². The molecule has 0 fully saturated rings. The van der Waals surface area contributed by atoms with E-state index in [1.165, 1.54) is 23.3 Å². The smallest absolute Gasteiger partial charge is 0.201 e. The van der Waals surface area contributed by atoms with Crippen molar-refractivity contribution in [1.82, 2.24) is 9.55 Å². The lowest BCUT2D eigenvalue weighted by Gasteiger charge is -2.14. The van der Waals surface area contributed by atoms with Crippen LogP contribution in [0, 0.1) is 5.82 Å². The molecule has 0 radical (unpaired) electrons. The average Bonchev–Trinajstić information content (AvgIpc) is 2.97. The molecule has 0 bridgehead atoms. The first-order chi connectivity index (χ1) is 9.72. The molecule has 0 saturated carbocycles. The van der Waals surface area contributed by atoms with E-state index in [0.29, 0.717) is 11.5 Å². The molecule has 0 saturated heterocycles. The van der Waals surface area contributed by atoms with Crippen molar-refractivity contribution in [2.45, 2.75) is 18.9 Å². The second kappa shape index (κ2) is 4.07. The second-order valence-electron chi connectivity index (χ2n) is 5.30. The summed E-state index contributed by atoms with van der Waals surface area (Å²) in [6.45, 7) is 0. The minimum Gasteiger partial charge on any atom is -0.369 e. The van der Waals surface area contributed by atoms with Crippen LogP contribution >= 0.6 is 0 Å². The molecule has 2 aromatic carbocycles. The van der Waals surface area contributed by atoms with Crippen molar-refractivity contribution < 1.29 is 4.39 Å². The Kier molecular flexibility index (Phi) is 2.33. The number of halogens is 1. The maximum atomic E-state index is 13.3. The van der Waals surface area contributed by atoms with Crippen LogP contribution in [0.3, 0.4) is 0 Å². The second-order valence-corrected chi connectivity index (χ2v) is 5.30. The Bertz CT molecular complexity index is 782. The Morgan fingerprint density at radius 1 is 1.10 bits per heavy atom. The van der Waals surface area contributed by atoms with Gasteiger partial charge in [0.1, 0.15) is 5.82 Å². The number of aromatic nitrogens is 2. The van der Waals surface area contributed by atoms with Gasteiger partial charge in [0, 0.05) is 12.1 Å². The molecule has 3 nitrogen and oxygen atoms in total. The largest absolute Gasteiger partial charge is 0.369 e. The summed E-state index contributed by atoms with van der Waals surface area (Å²) in [5, 5.41) is 0. The van der Waals surface area contributed by atoms with Crippen molar-refractivity contribution in [1.29, 1.82) is 0 Å². The van der Waals surface area contributed by atoms with E-state index in [2.05, 4.69) is 29.2 Å². The molecule has 1 aliphatic rings. The first-order valence-corrected chi connectivity index (χ1v) is 6.72. The van der Waals surface area contributed by atoms with Gasteiger partial charge in [0.25, 0.3) is 0 Å².